The van der Waals surface area contributed by atoms with Gasteiger partial charge in [0.1, 0.15) is 39.1 Å². The molecule has 0 radical (unpaired) electrons. The van der Waals surface area contributed by atoms with Gasteiger partial charge in [0.25, 0.3) is 12.9 Å². The third-order valence-electron chi connectivity index (χ3n) is 7.39. The molecule has 0 fully saturated rings. The molecule has 0 saturated carbocycles. The lowest BCUT2D eigenvalue weighted by atomic mass is 9.68. The Morgan fingerprint density at radius 1 is 0.800 bits per heavy atom. The van der Waals surface area contributed by atoms with Crippen molar-refractivity contribution in [2.75, 3.05) is 0 Å². The number of hydrogen-bond donors (Lipinski definition) is 1. The lowest BCUT2D eigenvalue weighted by Gasteiger charge is -2.40. The fourth-order valence-corrected chi connectivity index (χ4v) is 6.08. The summed E-state index contributed by atoms with van der Waals surface area (Å²) >= 11 is 2.77. The van der Waals surface area contributed by atoms with Crippen LogP contribution in [0.25, 0.3) is 0 Å². The average molecular weight is 703 g/mol. The number of halogens is 7. The molecule has 242 valence electrons. The van der Waals surface area contributed by atoms with E-state index < -0.39 is 46.6 Å². The summed E-state index contributed by atoms with van der Waals surface area (Å²) in [6.45, 7) is 7.67. The van der Waals surface area contributed by atoms with Crippen molar-refractivity contribution in [3.05, 3.63) is 92.6 Å². The van der Waals surface area contributed by atoms with E-state index >= 15 is 0 Å². The van der Waals surface area contributed by atoms with Gasteiger partial charge in [-0.1, -0.05) is 38.0 Å². The zero-order chi connectivity index (χ0) is 33.3. The minimum Gasteiger partial charge on any atom is -0.383 e. The van der Waals surface area contributed by atoms with Crippen LogP contribution in [0.4, 0.5) is 26.3 Å². The Balaban J connectivity index is 0.000000169. The predicted octanol–water partition coefficient (Wildman–Crippen LogP) is 7.65. The Morgan fingerprint density at radius 3 is 1.91 bits per heavy atom. The summed E-state index contributed by atoms with van der Waals surface area (Å²) < 4.78 is 86.2. The van der Waals surface area contributed by atoms with Crippen LogP contribution in [0.3, 0.4) is 0 Å². The van der Waals surface area contributed by atoms with Gasteiger partial charge in [-0.3, -0.25) is 9.78 Å². The zero-order valence-electron chi connectivity index (χ0n) is 24.6. The quantitative estimate of drug-likeness (QED) is 0.171. The summed E-state index contributed by atoms with van der Waals surface area (Å²) in [4.78, 5) is 18.4. The summed E-state index contributed by atoms with van der Waals surface area (Å²) in [6, 6.07) is 1.48. The van der Waals surface area contributed by atoms with E-state index in [0.29, 0.717) is 24.2 Å². The summed E-state index contributed by atoms with van der Waals surface area (Å²) in [6.07, 6.45) is 0.430. The topological polar surface area (TPSA) is 115 Å². The Kier molecular flexibility index (Phi) is 9.93. The van der Waals surface area contributed by atoms with Gasteiger partial charge in [0, 0.05) is 46.8 Å². The first kappa shape index (κ1) is 34.3. The molecule has 2 aliphatic rings. The van der Waals surface area contributed by atoms with E-state index in [1.165, 1.54) is 6.20 Å². The van der Waals surface area contributed by atoms with Crippen molar-refractivity contribution in [2.45, 2.75) is 82.7 Å². The van der Waals surface area contributed by atoms with Gasteiger partial charge >= 0.3 is 0 Å². The molecule has 45 heavy (non-hydrogen) atoms. The molecule has 15 heteroatoms. The van der Waals surface area contributed by atoms with Gasteiger partial charge in [-0.05, 0) is 34.5 Å². The fraction of sp³-hybridized carbons (Fsp3) is 0.433. The summed E-state index contributed by atoms with van der Waals surface area (Å²) in [5.74, 6) is 0.155. The van der Waals surface area contributed by atoms with Crippen LogP contribution < -0.4 is 0 Å². The van der Waals surface area contributed by atoms with E-state index in [0.717, 1.165) is 35.9 Å². The molecule has 0 spiro atoms. The van der Waals surface area contributed by atoms with Gasteiger partial charge in [-0.15, -0.1) is 0 Å². The van der Waals surface area contributed by atoms with E-state index in [9.17, 15) is 36.2 Å². The first-order valence-corrected chi connectivity index (χ1v) is 14.4. The van der Waals surface area contributed by atoms with E-state index in [2.05, 4.69) is 36.2 Å². The number of ketones is 1. The highest BCUT2D eigenvalue weighted by Gasteiger charge is 2.48. The van der Waals surface area contributed by atoms with E-state index in [4.69, 9.17) is 9.05 Å². The number of nitrogens with zero attached hydrogens (tertiary/aromatic N) is 4. The second kappa shape index (κ2) is 13.0. The van der Waals surface area contributed by atoms with Crippen LogP contribution in [-0.2, 0) is 34.1 Å². The lowest BCUT2D eigenvalue weighted by Crippen LogP contribution is -2.42. The molecule has 4 aromatic rings. The molecule has 1 atom stereocenters. The second-order valence-corrected chi connectivity index (χ2v) is 12.9. The van der Waals surface area contributed by atoms with Crippen molar-refractivity contribution in [2.24, 2.45) is 0 Å². The maximum Gasteiger partial charge on any atom is 0.266 e. The molecule has 4 heterocycles. The van der Waals surface area contributed by atoms with Crippen LogP contribution in [0.15, 0.2) is 50.6 Å². The molecule has 0 aliphatic heterocycles. The second-order valence-electron chi connectivity index (χ2n) is 12.1. The van der Waals surface area contributed by atoms with Gasteiger partial charge in [0.05, 0.1) is 36.0 Å². The van der Waals surface area contributed by atoms with Gasteiger partial charge in [-0.2, -0.15) is 0 Å². The minimum absolute atomic E-state index is 0.0195. The molecule has 0 bridgehead atoms. The van der Waals surface area contributed by atoms with Crippen LogP contribution in [-0.4, -0.2) is 31.2 Å². The van der Waals surface area contributed by atoms with E-state index in [1.54, 1.807) is 6.20 Å². The van der Waals surface area contributed by atoms with Crippen molar-refractivity contribution < 1.29 is 45.3 Å². The molecular weight excluding hydrogens is 674 g/mol. The standard InChI is InChI=1S/C15H15F3N2O2.C9H11NO2.C6H3BrF3N/c1-14(2)7-15(21,4-8-5-20-22-12(8)14)11-10(13(17)18)3-9(16)6-19-11;1-9(2)4-7(11)3-6-5-10-12-8(6)9;7-5-4(6(9)10)1-3(8)2-11-5/h3,5-6,13,21H,4,7H2,1-2H3;5H,3-4H2,1-2H3;1-2,6H. The van der Waals surface area contributed by atoms with Crippen LogP contribution >= 0.6 is 15.9 Å². The average Bonchev–Trinajstić information content (AvgIpc) is 3.60. The highest BCUT2D eigenvalue weighted by atomic mass is 79.9. The molecule has 0 amide bonds. The van der Waals surface area contributed by atoms with Gasteiger partial charge in [0.2, 0.25) is 0 Å². The monoisotopic (exact) mass is 702 g/mol. The third kappa shape index (κ3) is 7.63. The Bertz CT molecular complexity index is 1680. The molecule has 0 aromatic carbocycles. The van der Waals surface area contributed by atoms with E-state index in [-0.39, 0.29) is 34.3 Å². The zero-order valence-corrected chi connectivity index (χ0v) is 26.1. The first-order chi connectivity index (χ1) is 20.9. The van der Waals surface area contributed by atoms with Crippen molar-refractivity contribution >= 4 is 21.7 Å². The van der Waals surface area contributed by atoms with Gasteiger partial charge in [-0.25, -0.2) is 31.3 Å². The Morgan fingerprint density at radius 2 is 1.33 bits per heavy atom. The Labute approximate surface area is 262 Å². The molecule has 1 unspecified atom stereocenters. The number of pyridine rings is 2. The molecule has 2 aliphatic carbocycles. The number of aliphatic hydroxyl groups is 1. The summed E-state index contributed by atoms with van der Waals surface area (Å²) in [7, 11) is 0. The summed E-state index contributed by atoms with van der Waals surface area (Å²) in [5.41, 5.74) is -2.00. The van der Waals surface area contributed by atoms with Crippen LogP contribution in [0.5, 0.6) is 0 Å². The molecular formula is C30H29BrF6N4O4. The molecule has 4 aromatic heterocycles. The molecule has 8 nitrogen and oxygen atoms in total. The van der Waals surface area contributed by atoms with Crippen molar-refractivity contribution in [1.29, 1.82) is 0 Å². The number of rotatable bonds is 3. The van der Waals surface area contributed by atoms with Crippen LogP contribution in [0.1, 0.15) is 92.9 Å². The third-order valence-corrected chi connectivity index (χ3v) is 8.05. The smallest absolute Gasteiger partial charge is 0.266 e. The normalized spacial score (nSPS) is 19.6. The highest BCUT2D eigenvalue weighted by molar-refractivity contribution is 9.10. The SMILES string of the molecule is CC1(C)CC(=O)Cc2cnoc21.CC1(C)CC(O)(c2ncc(F)cc2C(F)F)Cc2cnoc21.Fc1cnc(Br)c(C(F)F)c1. The van der Waals surface area contributed by atoms with Gasteiger partial charge < -0.3 is 14.2 Å². The summed E-state index contributed by atoms with van der Waals surface area (Å²) in [5, 5.41) is 18.4. The number of carbonyl (C=O) groups excluding carboxylic acids is 1. The molecule has 6 rings (SSSR count). The molecule has 1 N–H and O–H groups in total. The lowest BCUT2D eigenvalue weighted by molar-refractivity contribution is -0.120. The van der Waals surface area contributed by atoms with Crippen molar-refractivity contribution in [3.63, 3.8) is 0 Å². The minimum atomic E-state index is -2.92. The maximum atomic E-state index is 13.2. The fourth-order valence-electron chi connectivity index (χ4n) is 5.69. The van der Waals surface area contributed by atoms with Crippen molar-refractivity contribution in [1.82, 2.24) is 20.3 Å². The first-order valence-electron chi connectivity index (χ1n) is 13.6. The number of fused-ring (bicyclic) bond motifs is 2. The number of hydrogen-bond acceptors (Lipinski definition) is 8. The predicted molar refractivity (Wildman–Crippen MR) is 151 cm³/mol. The number of alkyl halides is 4. The Hall–Kier alpha value is -3.59. The number of carbonyl (C=O) groups is 1. The molecule has 0 saturated heterocycles. The van der Waals surface area contributed by atoms with Crippen molar-refractivity contribution in [3.8, 4) is 0 Å². The maximum absolute atomic E-state index is 13.2. The van der Waals surface area contributed by atoms with E-state index in [1.807, 2.05) is 27.7 Å². The largest absolute Gasteiger partial charge is 0.383 e. The number of aromatic nitrogens is 4. The number of Topliss-reactive ketones (excluding diaryl/α,β-unsaturated/α-hetero) is 1. The van der Waals surface area contributed by atoms with Crippen LogP contribution in [0, 0.1) is 11.6 Å². The van der Waals surface area contributed by atoms with Crippen LogP contribution in [0.2, 0.25) is 0 Å². The van der Waals surface area contributed by atoms with Gasteiger partial charge in [0.15, 0.2) is 0 Å². The highest BCUT2D eigenvalue weighted by Crippen LogP contribution is 2.47.